The molecule has 3 rings (SSSR count). The van der Waals surface area contributed by atoms with Crippen molar-refractivity contribution in [3.8, 4) is 17.2 Å². The molecule has 1 amide bonds. The van der Waals surface area contributed by atoms with Crippen molar-refractivity contribution < 1.29 is 29.3 Å². The molecular formula is C28H36N2O6. The highest BCUT2D eigenvalue weighted by molar-refractivity contribution is 6.46. The highest BCUT2D eigenvalue weighted by Gasteiger charge is 2.46. The second-order valence-corrected chi connectivity index (χ2v) is 8.87. The molecule has 1 heterocycles. The van der Waals surface area contributed by atoms with E-state index in [1.54, 1.807) is 43.3 Å². The Labute approximate surface area is 212 Å². The zero-order valence-electron chi connectivity index (χ0n) is 21.7. The smallest absolute Gasteiger partial charge is 0.295 e. The summed E-state index contributed by atoms with van der Waals surface area (Å²) in [6, 6.07) is 10.7. The number of aliphatic hydroxyl groups is 1. The first-order chi connectivity index (χ1) is 17.2. The van der Waals surface area contributed by atoms with Gasteiger partial charge >= 0.3 is 0 Å². The predicted molar refractivity (Wildman–Crippen MR) is 138 cm³/mol. The average molecular weight is 497 g/mol. The summed E-state index contributed by atoms with van der Waals surface area (Å²) >= 11 is 0. The Hall–Kier alpha value is -3.52. The number of Topliss-reactive ketones (excluding diaryl/α,β-unsaturated/α-hetero) is 1. The van der Waals surface area contributed by atoms with Gasteiger partial charge in [-0.25, -0.2) is 0 Å². The number of ether oxygens (including phenoxy) is 2. The van der Waals surface area contributed by atoms with E-state index in [1.807, 2.05) is 27.7 Å². The number of likely N-dealkylation sites (tertiary alicyclic amines) is 1. The Bertz CT molecular complexity index is 1110. The van der Waals surface area contributed by atoms with E-state index >= 15 is 0 Å². The number of nitrogens with zero attached hydrogens (tertiary/aromatic N) is 2. The summed E-state index contributed by atoms with van der Waals surface area (Å²) in [4.78, 5) is 30.1. The average Bonchev–Trinajstić information content (AvgIpc) is 3.11. The number of phenolic OH excluding ortho intramolecular Hbond substituents is 1. The first kappa shape index (κ1) is 27.1. The molecule has 1 saturated heterocycles. The van der Waals surface area contributed by atoms with Crippen LogP contribution in [0.2, 0.25) is 0 Å². The van der Waals surface area contributed by atoms with Crippen LogP contribution in [-0.2, 0) is 9.59 Å². The van der Waals surface area contributed by atoms with Crippen molar-refractivity contribution >= 4 is 17.4 Å². The van der Waals surface area contributed by atoms with Crippen LogP contribution in [0.5, 0.6) is 17.2 Å². The third-order valence-corrected chi connectivity index (χ3v) is 6.19. The second kappa shape index (κ2) is 11.9. The molecule has 1 fully saturated rings. The Kier molecular flexibility index (Phi) is 8.98. The van der Waals surface area contributed by atoms with Gasteiger partial charge in [0.2, 0.25) is 0 Å². The Morgan fingerprint density at radius 3 is 2.31 bits per heavy atom. The highest BCUT2D eigenvalue weighted by Crippen LogP contribution is 2.41. The summed E-state index contributed by atoms with van der Waals surface area (Å²) in [6.07, 6.45) is -0.00499. The number of aromatic hydroxyl groups is 1. The van der Waals surface area contributed by atoms with Crippen LogP contribution in [0.3, 0.4) is 0 Å². The maximum atomic E-state index is 13.3. The normalized spacial score (nSPS) is 17.3. The molecule has 0 bridgehead atoms. The van der Waals surface area contributed by atoms with Gasteiger partial charge in [-0.2, -0.15) is 0 Å². The highest BCUT2D eigenvalue weighted by atomic mass is 16.5. The Morgan fingerprint density at radius 2 is 1.72 bits per heavy atom. The second-order valence-electron chi connectivity index (χ2n) is 8.87. The molecule has 1 aliphatic rings. The van der Waals surface area contributed by atoms with Crippen LogP contribution in [0.1, 0.15) is 51.8 Å². The largest absolute Gasteiger partial charge is 0.507 e. The third kappa shape index (κ3) is 5.82. The van der Waals surface area contributed by atoms with E-state index in [2.05, 4.69) is 4.90 Å². The molecular weight excluding hydrogens is 460 g/mol. The molecule has 0 radical (unpaired) electrons. The number of aliphatic hydroxyl groups excluding tert-OH is 1. The number of carbonyl (C=O) groups excluding carboxylic acids is 2. The number of amides is 1. The summed E-state index contributed by atoms with van der Waals surface area (Å²) < 4.78 is 11.2. The predicted octanol–water partition coefficient (Wildman–Crippen LogP) is 4.34. The lowest BCUT2D eigenvalue weighted by Crippen LogP contribution is -2.38. The van der Waals surface area contributed by atoms with Gasteiger partial charge in [-0.1, -0.05) is 19.9 Å². The van der Waals surface area contributed by atoms with Crippen LogP contribution in [-0.4, -0.2) is 70.6 Å². The van der Waals surface area contributed by atoms with E-state index in [4.69, 9.17) is 9.47 Å². The summed E-state index contributed by atoms with van der Waals surface area (Å²) in [5, 5.41) is 21.5. The van der Waals surface area contributed by atoms with E-state index in [1.165, 1.54) is 11.0 Å². The van der Waals surface area contributed by atoms with Gasteiger partial charge in [-0.15, -0.1) is 0 Å². The first-order valence-electron chi connectivity index (χ1n) is 12.4. The van der Waals surface area contributed by atoms with Gasteiger partial charge < -0.3 is 29.5 Å². The molecule has 2 aromatic rings. The van der Waals surface area contributed by atoms with Crippen molar-refractivity contribution in [3.05, 3.63) is 59.2 Å². The number of phenols is 1. The SMILES string of the molecule is CCOc1cc([C@@H]2C(=C(O)c3ccc(OC(C)C)cc3)C(=O)C(=O)N2CCN(CC)CC)ccc1O. The molecule has 1 atom stereocenters. The number of hydrogen-bond donors (Lipinski definition) is 2. The molecule has 2 aromatic carbocycles. The van der Waals surface area contributed by atoms with E-state index < -0.39 is 17.7 Å². The maximum Gasteiger partial charge on any atom is 0.295 e. The fourth-order valence-corrected chi connectivity index (χ4v) is 4.34. The fraction of sp³-hybridized carbons (Fsp3) is 0.429. The Balaban J connectivity index is 2.10. The number of likely N-dealkylation sites (N-methyl/N-ethyl adjacent to an activating group) is 1. The molecule has 0 spiro atoms. The van der Waals surface area contributed by atoms with E-state index in [-0.39, 0.29) is 28.9 Å². The Morgan fingerprint density at radius 1 is 1.06 bits per heavy atom. The topological polar surface area (TPSA) is 99.5 Å². The van der Waals surface area contributed by atoms with E-state index in [0.29, 0.717) is 36.6 Å². The van der Waals surface area contributed by atoms with Crippen molar-refractivity contribution in [2.24, 2.45) is 0 Å². The molecule has 0 unspecified atom stereocenters. The molecule has 8 nitrogen and oxygen atoms in total. The van der Waals surface area contributed by atoms with Crippen LogP contribution < -0.4 is 9.47 Å². The number of hydrogen-bond acceptors (Lipinski definition) is 7. The lowest BCUT2D eigenvalue weighted by Gasteiger charge is -2.28. The van der Waals surface area contributed by atoms with Crippen LogP contribution in [0.25, 0.3) is 5.76 Å². The molecule has 0 saturated carbocycles. The molecule has 2 N–H and O–H groups in total. The molecule has 194 valence electrons. The monoisotopic (exact) mass is 496 g/mol. The van der Waals surface area contributed by atoms with Gasteiger partial charge in [-0.05, 0) is 75.8 Å². The van der Waals surface area contributed by atoms with Gasteiger partial charge in [0.15, 0.2) is 11.5 Å². The van der Waals surface area contributed by atoms with Crippen LogP contribution in [0.4, 0.5) is 0 Å². The third-order valence-electron chi connectivity index (χ3n) is 6.19. The lowest BCUT2D eigenvalue weighted by atomic mass is 9.95. The minimum atomic E-state index is -0.827. The van der Waals surface area contributed by atoms with Crippen molar-refractivity contribution in [3.63, 3.8) is 0 Å². The van der Waals surface area contributed by atoms with Crippen molar-refractivity contribution in [1.29, 1.82) is 0 Å². The van der Waals surface area contributed by atoms with Gasteiger partial charge in [0, 0.05) is 18.7 Å². The fourth-order valence-electron chi connectivity index (χ4n) is 4.34. The van der Waals surface area contributed by atoms with Gasteiger partial charge in [0.25, 0.3) is 11.7 Å². The molecule has 8 heteroatoms. The number of carbonyl (C=O) groups is 2. The van der Waals surface area contributed by atoms with E-state index in [9.17, 15) is 19.8 Å². The minimum Gasteiger partial charge on any atom is -0.507 e. The molecule has 1 aliphatic heterocycles. The minimum absolute atomic E-state index is 0.00483. The van der Waals surface area contributed by atoms with Crippen LogP contribution >= 0.6 is 0 Å². The van der Waals surface area contributed by atoms with Crippen molar-refractivity contribution in [2.75, 3.05) is 32.8 Å². The summed E-state index contributed by atoms with van der Waals surface area (Å²) in [5.74, 6) is -0.825. The number of benzene rings is 2. The lowest BCUT2D eigenvalue weighted by molar-refractivity contribution is -0.140. The van der Waals surface area contributed by atoms with Crippen LogP contribution in [0.15, 0.2) is 48.0 Å². The standard InChI is InChI=1S/C28H36N2O6/c1-6-29(7-2)15-16-30-25(20-11-14-22(31)23(17-20)35-8-3)24(27(33)28(30)34)26(32)19-9-12-21(13-10-19)36-18(4)5/h9-14,17-18,25,31-32H,6-8,15-16H2,1-5H3/t25-/m1/s1. The van der Waals surface area contributed by atoms with Gasteiger partial charge in [0.1, 0.15) is 11.5 Å². The van der Waals surface area contributed by atoms with Gasteiger partial charge in [0.05, 0.1) is 24.3 Å². The maximum absolute atomic E-state index is 13.3. The quantitative estimate of drug-likeness (QED) is 0.271. The van der Waals surface area contributed by atoms with Crippen LogP contribution in [0, 0.1) is 0 Å². The van der Waals surface area contributed by atoms with Crippen molar-refractivity contribution in [2.45, 2.75) is 46.8 Å². The molecule has 0 aliphatic carbocycles. The summed E-state index contributed by atoms with van der Waals surface area (Å²) in [7, 11) is 0. The number of rotatable bonds is 11. The first-order valence-corrected chi connectivity index (χ1v) is 12.4. The van der Waals surface area contributed by atoms with Crippen molar-refractivity contribution in [1.82, 2.24) is 9.80 Å². The zero-order chi connectivity index (χ0) is 26.4. The summed E-state index contributed by atoms with van der Waals surface area (Å²) in [6.45, 7) is 12.6. The van der Waals surface area contributed by atoms with Gasteiger partial charge in [-0.3, -0.25) is 9.59 Å². The van der Waals surface area contributed by atoms with E-state index in [0.717, 1.165) is 13.1 Å². The number of ketones is 1. The summed E-state index contributed by atoms with van der Waals surface area (Å²) in [5.41, 5.74) is 0.975. The molecule has 0 aromatic heterocycles. The molecule has 36 heavy (non-hydrogen) atoms. The zero-order valence-corrected chi connectivity index (χ0v) is 21.7.